The van der Waals surface area contributed by atoms with E-state index < -0.39 is 0 Å². The minimum absolute atomic E-state index is 0.148. The first-order chi connectivity index (χ1) is 5.45. The van der Waals surface area contributed by atoms with E-state index in [1.807, 2.05) is 20.1 Å². The van der Waals surface area contributed by atoms with Crippen LogP contribution in [0.4, 0.5) is 0 Å². The highest BCUT2D eigenvalue weighted by Crippen LogP contribution is 2.23. The highest BCUT2D eigenvalue weighted by molar-refractivity contribution is 8.00. The van der Waals surface area contributed by atoms with E-state index in [2.05, 4.69) is 6.58 Å². The summed E-state index contributed by atoms with van der Waals surface area (Å²) in [5.74, 6) is 0.148. The van der Waals surface area contributed by atoms with Gasteiger partial charge in [0.15, 0.2) is 0 Å². The third-order valence-corrected chi connectivity index (χ3v) is 2.97. The number of hydrogen-bond donors (Lipinski definition) is 0. The van der Waals surface area contributed by atoms with Gasteiger partial charge in [0.25, 0.3) is 0 Å². The van der Waals surface area contributed by atoms with E-state index in [9.17, 15) is 4.79 Å². The second-order valence-corrected chi connectivity index (χ2v) is 4.62. The summed E-state index contributed by atoms with van der Waals surface area (Å²) in [6.07, 6.45) is 3.67. The molecule has 0 fully saturated rings. The minimum atomic E-state index is -0.322. The van der Waals surface area contributed by atoms with Crippen molar-refractivity contribution in [1.82, 2.24) is 4.90 Å². The SMILES string of the molecule is C=CCN(C)C(=O)C(C)(C)SC. The summed E-state index contributed by atoms with van der Waals surface area (Å²) in [6, 6.07) is 0. The van der Waals surface area contributed by atoms with Gasteiger partial charge in [-0.05, 0) is 20.1 Å². The van der Waals surface area contributed by atoms with Crippen LogP contribution in [0.25, 0.3) is 0 Å². The van der Waals surface area contributed by atoms with Crippen LogP contribution in [-0.2, 0) is 4.79 Å². The molecule has 0 aliphatic heterocycles. The molecule has 70 valence electrons. The lowest BCUT2D eigenvalue weighted by Crippen LogP contribution is -2.40. The summed E-state index contributed by atoms with van der Waals surface area (Å²) < 4.78 is -0.322. The average Bonchev–Trinajstić information content (AvgIpc) is 2.03. The highest BCUT2D eigenvalue weighted by atomic mass is 32.2. The van der Waals surface area contributed by atoms with Gasteiger partial charge in [-0.15, -0.1) is 18.3 Å². The van der Waals surface area contributed by atoms with Gasteiger partial charge in [0.2, 0.25) is 5.91 Å². The molecule has 0 aromatic heterocycles. The van der Waals surface area contributed by atoms with Crippen LogP contribution in [0.15, 0.2) is 12.7 Å². The van der Waals surface area contributed by atoms with Crippen LogP contribution in [0.5, 0.6) is 0 Å². The maximum absolute atomic E-state index is 11.6. The van der Waals surface area contributed by atoms with Crippen molar-refractivity contribution in [2.45, 2.75) is 18.6 Å². The van der Waals surface area contributed by atoms with Crippen molar-refractivity contribution in [3.05, 3.63) is 12.7 Å². The molecule has 0 atom stereocenters. The van der Waals surface area contributed by atoms with Crippen LogP contribution in [0.1, 0.15) is 13.8 Å². The number of likely N-dealkylation sites (N-methyl/N-ethyl adjacent to an activating group) is 1. The first-order valence-corrected chi connectivity index (χ1v) is 5.09. The Morgan fingerprint density at radius 3 is 2.50 bits per heavy atom. The van der Waals surface area contributed by atoms with Gasteiger partial charge < -0.3 is 4.90 Å². The summed E-state index contributed by atoms with van der Waals surface area (Å²) in [5.41, 5.74) is 0. The maximum Gasteiger partial charge on any atom is 0.238 e. The number of hydrogen-bond acceptors (Lipinski definition) is 2. The molecule has 0 N–H and O–H groups in total. The van der Waals surface area contributed by atoms with Gasteiger partial charge in [-0.1, -0.05) is 6.08 Å². The fraction of sp³-hybridized carbons (Fsp3) is 0.667. The molecular weight excluding hydrogens is 170 g/mol. The van der Waals surface area contributed by atoms with E-state index in [4.69, 9.17) is 0 Å². The van der Waals surface area contributed by atoms with Crippen LogP contribution in [-0.4, -0.2) is 35.4 Å². The molecule has 0 aromatic carbocycles. The Labute approximate surface area is 79.0 Å². The molecule has 0 bridgehead atoms. The van der Waals surface area contributed by atoms with Crippen LogP contribution in [0, 0.1) is 0 Å². The molecule has 0 spiro atoms. The number of thioether (sulfide) groups is 1. The van der Waals surface area contributed by atoms with Crippen LogP contribution >= 0.6 is 11.8 Å². The molecule has 3 heteroatoms. The fourth-order valence-electron chi connectivity index (χ4n) is 0.824. The van der Waals surface area contributed by atoms with Crippen molar-refractivity contribution in [3.63, 3.8) is 0 Å². The zero-order valence-corrected chi connectivity index (χ0v) is 9.07. The Balaban J connectivity index is 4.27. The molecule has 12 heavy (non-hydrogen) atoms. The zero-order chi connectivity index (χ0) is 9.78. The highest BCUT2D eigenvalue weighted by Gasteiger charge is 2.28. The zero-order valence-electron chi connectivity index (χ0n) is 8.26. The van der Waals surface area contributed by atoms with Crippen molar-refractivity contribution in [2.24, 2.45) is 0 Å². The molecular formula is C9H17NOS. The molecule has 0 saturated carbocycles. The Hall–Kier alpha value is -0.440. The first kappa shape index (κ1) is 11.6. The lowest BCUT2D eigenvalue weighted by molar-refractivity contribution is -0.131. The Morgan fingerprint density at radius 2 is 2.17 bits per heavy atom. The lowest BCUT2D eigenvalue weighted by Gasteiger charge is -2.26. The smallest absolute Gasteiger partial charge is 0.238 e. The number of carbonyl (C=O) groups excluding carboxylic acids is 1. The van der Waals surface area contributed by atoms with Crippen LogP contribution < -0.4 is 0 Å². The molecule has 1 amide bonds. The van der Waals surface area contributed by atoms with Crippen molar-refractivity contribution in [3.8, 4) is 0 Å². The summed E-state index contributed by atoms with van der Waals surface area (Å²) in [7, 11) is 1.79. The molecule has 0 aliphatic rings. The van der Waals surface area contributed by atoms with E-state index in [1.54, 1.807) is 29.8 Å². The van der Waals surface area contributed by atoms with Gasteiger partial charge in [-0.25, -0.2) is 0 Å². The predicted molar refractivity (Wildman–Crippen MR) is 55.4 cm³/mol. The Kier molecular flexibility index (Phi) is 4.39. The predicted octanol–water partition coefficient (Wildman–Crippen LogP) is 1.77. The number of amides is 1. The summed E-state index contributed by atoms with van der Waals surface area (Å²) >= 11 is 1.56. The van der Waals surface area contributed by atoms with Gasteiger partial charge in [-0.2, -0.15) is 0 Å². The van der Waals surface area contributed by atoms with E-state index >= 15 is 0 Å². The van der Waals surface area contributed by atoms with Gasteiger partial charge in [0, 0.05) is 13.6 Å². The van der Waals surface area contributed by atoms with Crippen molar-refractivity contribution in [1.29, 1.82) is 0 Å². The average molecular weight is 187 g/mol. The molecule has 0 radical (unpaired) electrons. The third-order valence-electron chi connectivity index (χ3n) is 1.78. The number of carbonyl (C=O) groups is 1. The van der Waals surface area contributed by atoms with Crippen LogP contribution in [0.2, 0.25) is 0 Å². The molecule has 0 saturated heterocycles. The fourth-order valence-corrected chi connectivity index (χ4v) is 1.15. The van der Waals surface area contributed by atoms with Gasteiger partial charge in [0.05, 0.1) is 4.75 Å². The van der Waals surface area contributed by atoms with Crippen LogP contribution in [0.3, 0.4) is 0 Å². The molecule has 2 nitrogen and oxygen atoms in total. The van der Waals surface area contributed by atoms with Crippen molar-refractivity contribution in [2.75, 3.05) is 19.8 Å². The second-order valence-electron chi connectivity index (χ2n) is 3.19. The molecule has 0 aromatic rings. The normalized spacial score (nSPS) is 11.0. The monoisotopic (exact) mass is 187 g/mol. The molecule has 0 unspecified atom stereocenters. The van der Waals surface area contributed by atoms with E-state index in [0.29, 0.717) is 6.54 Å². The van der Waals surface area contributed by atoms with Gasteiger partial charge in [0.1, 0.15) is 0 Å². The third kappa shape index (κ3) is 2.89. The van der Waals surface area contributed by atoms with Crippen molar-refractivity contribution < 1.29 is 4.79 Å². The van der Waals surface area contributed by atoms with E-state index in [1.165, 1.54) is 0 Å². The number of nitrogens with zero attached hydrogens (tertiary/aromatic N) is 1. The summed E-state index contributed by atoms with van der Waals surface area (Å²) in [5, 5.41) is 0. The largest absolute Gasteiger partial charge is 0.341 e. The Morgan fingerprint density at radius 1 is 1.67 bits per heavy atom. The van der Waals surface area contributed by atoms with E-state index in [0.717, 1.165) is 0 Å². The summed E-state index contributed by atoms with van der Waals surface area (Å²) in [4.78, 5) is 13.3. The van der Waals surface area contributed by atoms with E-state index in [-0.39, 0.29) is 10.7 Å². The molecule has 0 aliphatic carbocycles. The van der Waals surface area contributed by atoms with Gasteiger partial charge in [-0.3, -0.25) is 4.79 Å². The summed E-state index contributed by atoms with van der Waals surface area (Å²) in [6.45, 7) is 8.06. The van der Waals surface area contributed by atoms with Crippen molar-refractivity contribution >= 4 is 17.7 Å². The topological polar surface area (TPSA) is 20.3 Å². The maximum atomic E-state index is 11.6. The second kappa shape index (κ2) is 4.55. The Bertz CT molecular complexity index is 177. The van der Waals surface area contributed by atoms with Gasteiger partial charge >= 0.3 is 0 Å². The quantitative estimate of drug-likeness (QED) is 0.625. The molecule has 0 rings (SSSR count). The minimum Gasteiger partial charge on any atom is -0.341 e. The molecule has 0 heterocycles. The standard InChI is InChI=1S/C9H17NOS/c1-6-7-10(4)8(11)9(2,3)12-5/h6H,1,7H2,2-5H3. The first-order valence-electron chi connectivity index (χ1n) is 3.87. The lowest BCUT2D eigenvalue weighted by atomic mass is 10.2. The number of rotatable bonds is 4.